The lowest BCUT2D eigenvalue weighted by Gasteiger charge is -2.28. The van der Waals surface area contributed by atoms with Crippen LogP contribution < -0.4 is 70.4 Å². The van der Waals surface area contributed by atoms with Crippen molar-refractivity contribution < 1.29 is 73.2 Å². The molecule has 28 nitrogen and oxygen atoms in total. The van der Waals surface area contributed by atoms with Gasteiger partial charge in [-0.3, -0.25) is 52.7 Å². The Balaban J connectivity index is 0.00000658. The second-order valence-electron chi connectivity index (χ2n) is 17.9. The zero-order valence-corrected chi connectivity index (χ0v) is 42.6. The Morgan fingerprint density at radius 1 is 0.689 bits per heavy atom. The van der Waals surface area contributed by atoms with Crippen LogP contribution in [-0.4, -0.2) is 185 Å². The zero-order valence-electron chi connectivity index (χ0n) is 42.6. The Labute approximate surface area is 429 Å². The van der Waals surface area contributed by atoms with Gasteiger partial charge < -0.3 is 90.8 Å². The lowest BCUT2D eigenvalue weighted by atomic mass is 9.99. The number of aliphatic hydroxyl groups excluding tert-OH is 3. The highest BCUT2D eigenvalue weighted by molar-refractivity contribution is 5.97. The SMILES string of the molecule is CC(=O)N[C@H](C(=O)N[C@H](CO)C(=O)N[C@H]1CCNC(=O)[C@H]([C@@H](C)O)NC(=O)[C@H](CCN)NC(=O)C[C@H](CN)CNC(=O)[C@H](C(C)C)NC(=O)[C@@H](Cc2ccccc2)NC(=O)[C@H](CCN)NC1=O)[C@@H](C)O.CC(=O)O. The number of rotatable bonds is 16. The number of nitrogens with two attached hydrogens (primary N) is 3. The van der Waals surface area contributed by atoms with Gasteiger partial charge in [-0.05, 0) is 70.1 Å². The van der Waals surface area contributed by atoms with E-state index < -0.39 is 157 Å². The van der Waals surface area contributed by atoms with Gasteiger partial charge in [-0.1, -0.05) is 44.2 Å². The first kappa shape index (κ1) is 65.2. The summed E-state index contributed by atoms with van der Waals surface area (Å²) in [5.74, 6) is -10.8. The third kappa shape index (κ3) is 23.8. The van der Waals surface area contributed by atoms with Crippen molar-refractivity contribution in [2.45, 2.75) is 134 Å². The van der Waals surface area contributed by atoms with Gasteiger partial charge in [0.25, 0.3) is 5.97 Å². The van der Waals surface area contributed by atoms with Crippen LogP contribution in [0.2, 0.25) is 0 Å². The first-order valence-electron chi connectivity index (χ1n) is 24.0. The van der Waals surface area contributed by atoms with E-state index in [0.717, 1.165) is 13.8 Å². The molecule has 10 amide bonds. The largest absolute Gasteiger partial charge is 0.481 e. The van der Waals surface area contributed by atoms with E-state index in [1.807, 2.05) is 0 Å². The quantitative estimate of drug-likeness (QED) is 0.0731. The van der Waals surface area contributed by atoms with Crippen molar-refractivity contribution >= 4 is 65.0 Å². The summed E-state index contributed by atoms with van der Waals surface area (Å²) in [7, 11) is 0. The molecule has 20 N–H and O–H groups in total. The lowest BCUT2D eigenvalue weighted by molar-refractivity contribution is -0.136. The highest BCUT2D eigenvalue weighted by Gasteiger charge is 2.36. The molecule has 0 radical (unpaired) electrons. The van der Waals surface area contributed by atoms with Crippen molar-refractivity contribution in [1.29, 1.82) is 0 Å². The number of carbonyl (C=O) groups excluding carboxylic acids is 10. The molecule has 1 aromatic rings. The van der Waals surface area contributed by atoms with Crippen molar-refractivity contribution in [3.05, 3.63) is 35.9 Å². The molecule has 1 aliphatic rings. The predicted molar refractivity (Wildman–Crippen MR) is 265 cm³/mol. The molecular formula is C46H77N13O15. The fourth-order valence-electron chi connectivity index (χ4n) is 7.10. The maximum absolute atomic E-state index is 14.2. The normalized spacial score (nSPS) is 23.7. The summed E-state index contributed by atoms with van der Waals surface area (Å²) < 4.78 is 0. The number of aliphatic hydroxyl groups is 3. The van der Waals surface area contributed by atoms with Crippen LogP contribution >= 0.6 is 0 Å². The minimum absolute atomic E-state index is 0.0798. The van der Waals surface area contributed by atoms with Crippen molar-refractivity contribution in [3.8, 4) is 0 Å². The van der Waals surface area contributed by atoms with Crippen LogP contribution in [0.4, 0.5) is 0 Å². The summed E-state index contributed by atoms with van der Waals surface area (Å²) >= 11 is 0. The number of carbonyl (C=O) groups is 11. The van der Waals surface area contributed by atoms with E-state index in [4.69, 9.17) is 27.1 Å². The minimum atomic E-state index is -1.79. The second kappa shape index (κ2) is 33.8. The third-order valence-electron chi connectivity index (χ3n) is 11.1. The number of hydrogen-bond donors (Lipinski definition) is 17. The number of hydrogen-bond acceptors (Lipinski definition) is 17. The van der Waals surface area contributed by atoms with Crippen LogP contribution in [0.25, 0.3) is 0 Å². The van der Waals surface area contributed by atoms with Crippen molar-refractivity contribution in [2.75, 3.05) is 39.3 Å². The van der Waals surface area contributed by atoms with Crippen LogP contribution in [0.1, 0.15) is 72.8 Å². The fraction of sp³-hybridized carbons (Fsp3) is 0.630. The molecule has 1 heterocycles. The molecule has 0 aliphatic carbocycles. The zero-order chi connectivity index (χ0) is 56.2. The Kier molecular flexibility index (Phi) is 29.8. The minimum Gasteiger partial charge on any atom is -0.481 e. The topological polar surface area (TPSA) is 467 Å². The van der Waals surface area contributed by atoms with Crippen molar-refractivity contribution in [3.63, 3.8) is 0 Å². The smallest absolute Gasteiger partial charge is 0.300 e. The second-order valence-corrected chi connectivity index (χ2v) is 17.9. The standard InChI is InChI=1S/C44H73N13O13.C2H4O2/c1-22(2)34-42(68)49-20-27(19-47)18-33(62)51-28(11-14-45)39(65)57-35(23(3)59)43(69)48-16-13-30(53-41(67)32(21-58)55-44(70)36(24(4)60)50-25(5)61)38(64)52-29(12-15-46)37(63)54-31(40(66)56-34)17-26-9-7-6-8-10-26;1-2(3)4/h6-10,22-24,27-32,34-36,58-60H,11-21,45-47H2,1-5H3,(H,48,69)(H,49,68)(H,50,61)(H,51,62)(H,52,64)(H,53,67)(H,54,63)(H,55,70)(H,56,66)(H,57,65);1H3,(H,3,4)/t23-,24-,27-,28+,29+,30+,31-,32-,34+,35+,36+;/m1./s1. The van der Waals surface area contributed by atoms with Crippen LogP contribution in [-0.2, 0) is 59.2 Å². The average molecular weight is 1050 g/mol. The van der Waals surface area contributed by atoms with E-state index in [9.17, 15) is 63.3 Å². The highest BCUT2D eigenvalue weighted by Crippen LogP contribution is 2.10. The molecule has 1 fully saturated rings. The van der Waals surface area contributed by atoms with Gasteiger partial charge in [0.2, 0.25) is 59.1 Å². The molecule has 0 unspecified atom stereocenters. The van der Waals surface area contributed by atoms with Crippen LogP contribution in [0, 0.1) is 11.8 Å². The van der Waals surface area contributed by atoms with E-state index in [2.05, 4.69) is 53.2 Å². The number of aliphatic carboxylic acids is 1. The molecule has 0 saturated carbocycles. The van der Waals surface area contributed by atoms with E-state index >= 15 is 0 Å². The van der Waals surface area contributed by atoms with Crippen molar-refractivity contribution in [1.82, 2.24) is 53.2 Å². The molecule has 1 aliphatic heterocycles. The third-order valence-corrected chi connectivity index (χ3v) is 11.1. The summed E-state index contributed by atoms with van der Waals surface area (Å²) in [4.78, 5) is 144. The Morgan fingerprint density at radius 3 is 1.73 bits per heavy atom. The maximum atomic E-state index is 14.2. The molecule has 2 rings (SSSR count). The Bertz CT molecular complexity index is 2040. The molecule has 74 heavy (non-hydrogen) atoms. The Morgan fingerprint density at radius 2 is 1.22 bits per heavy atom. The van der Waals surface area contributed by atoms with Crippen LogP contribution in [0.5, 0.6) is 0 Å². The van der Waals surface area contributed by atoms with E-state index in [1.54, 1.807) is 44.2 Å². The summed E-state index contributed by atoms with van der Waals surface area (Å²) in [5.41, 5.74) is 18.2. The number of benzene rings is 1. The molecule has 416 valence electrons. The summed E-state index contributed by atoms with van der Waals surface area (Å²) in [6.45, 7) is 5.92. The van der Waals surface area contributed by atoms with Gasteiger partial charge in [-0.2, -0.15) is 0 Å². The molecule has 0 bridgehead atoms. The van der Waals surface area contributed by atoms with Gasteiger partial charge in [0.05, 0.1) is 18.8 Å². The predicted octanol–water partition coefficient (Wildman–Crippen LogP) is -7.07. The molecular weight excluding hydrogens is 975 g/mol. The number of carboxylic acid groups (broad SMARTS) is 1. The first-order valence-corrected chi connectivity index (χ1v) is 24.0. The van der Waals surface area contributed by atoms with Gasteiger partial charge in [-0.25, -0.2) is 0 Å². The van der Waals surface area contributed by atoms with Crippen LogP contribution in [0.3, 0.4) is 0 Å². The summed E-state index contributed by atoms with van der Waals surface area (Å²) in [6, 6.07) is -3.39. The maximum Gasteiger partial charge on any atom is 0.300 e. The molecule has 11 atom stereocenters. The summed E-state index contributed by atoms with van der Waals surface area (Å²) in [5, 5.41) is 63.0. The van der Waals surface area contributed by atoms with E-state index in [0.29, 0.717) is 5.56 Å². The lowest BCUT2D eigenvalue weighted by Crippen LogP contribution is -2.61. The highest BCUT2D eigenvalue weighted by atomic mass is 16.4. The number of amides is 10. The summed E-state index contributed by atoms with van der Waals surface area (Å²) in [6.07, 6.45) is -4.12. The Hall–Kier alpha value is -6.85. The molecule has 28 heteroatoms. The van der Waals surface area contributed by atoms with E-state index in [1.165, 1.54) is 13.8 Å². The van der Waals surface area contributed by atoms with Gasteiger partial charge in [0.1, 0.15) is 48.3 Å². The molecule has 1 saturated heterocycles. The van der Waals surface area contributed by atoms with E-state index in [-0.39, 0.29) is 51.9 Å². The van der Waals surface area contributed by atoms with Crippen molar-refractivity contribution in [2.24, 2.45) is 29.0 Å². The van der Waals surface area contributed by atoms with Gasteiger partial charge in [0.15, 0.2) is 0 Å². The van der Waals surface area contributed by atoms with Gasteiger partial charge in [0, 0.05) is 39.8 Å². The molecule has 1 aromatic carbocycles. The fourth-order valence-corrected chi connectivity index (χ4v) is 7.10. The average Bonchev–Trinajstić information content (AvgIpc) is 3.32. The number of carboxylic acids is 1. The number of nitrogens with one attached hydrogen (secondary N) is 10. The molecule has 0 aromatic heterocycles. The van der Waals surface area contributed by atoms with Crippen LogP contribution in [0.15, 0.2) is 30.3 Å². The van der Waals surface area contributed by atoms with Gasteiger partial charge in [-0.15, -0.1) is 0 Å². The first-order chi connectivity index (χ1) is 34.8. The van der Waals surface area contributed by atoms with Gasteiger partial charge >= 0.3 is 0 Å². The monoisotopic (exact) mass is 1050 g/mol. The molecule has 0 spiro atoms.